The van der Waals surface area contributed by atoms with E-state index in [1.165, 1.54) is 12.1 Å². The first-order valence-electron chi connectivity index (χ1n) is 10.0. The van der Waals surface area contributed by atoms with E-state index in [9.17, 15) is 8.78 Å². The van der Waals surface area contributed by atoms with Gasteiger partial charge in [0.1, 0.15) is 11.6 Å². The van der Waals surface area contributed by atoms with Gasteiger partial charge in [0.2, 0.25) is 0 Å². The van der Waals surface area contributed by atoms with Crippen LogP contribution in [0.1, 0.15) is 42.5 Å². The molecule has 0 bridgehead atoms. The van der Waals surface area contributed by atoms with Gasteiger partial charge in [0.25, 0.3) is 0 Å². The number of hydrogen-bond acceptors (Lipinski definition) is 2. The van der Waals surface area contributed by atoms with Crippen molar-refractivity contribution in [3.63, 3.8) is 0 Å². The van der Waals surface area contributed by atoms with Gasteiger partial charge in [0.15, 0.2) is 5.96 Å². The first-order chi connectivity index (χ1) is 13.9. The van der Waals surface area contributed by atoms with Crippen LogP contribution >= 0.6 is 0 Å². The van der Waals surface area contributed by atoms with Crippen molar-refractivity contribution in [3.05, 3.63) is 70.8 Å². The molecule has 1 unspecified atom stereocenters. The van der Waals surface area contributed by atoms with Crippen LogP contribution < -0.4 is 10.6 Å². The second-order valence-electron chi connectivity index (χ2n) is 7.70. The molecule has 0 aliphatic carbocycles. The number of halogens is 2. The fraction of sp³-hybridized carbons (Fsp3) is 0.435. The summed E-state index contributed by atoms with van der Waals surface area (Å²) in [5, 5.41) is 6.74. The van der Waals surface area contributed by atoms with Gasteiger partial charge in [-0.15, -0.1) is 0 Å². The molecule has 1 saturated heterocycles. The average molecular weight is 402 g/mol. The van der Waals surface area contributed by atoms with Crippen LogP contribution in [-0.2, 0) is 10.2 Å². The lowest BCUT2D eigenvalue weighted by Crippen LogP contribution is -2.48. The number of ether oxygens (including phenoxy) is 1. The van der Waals surface area contributed by atoms with Crippen molar-refractivity contribution in [1.29, 1.82) is 0 Å². The third-order valence-electron chi connectivity index (χ3n) is 5.77. The highest BCUT2D eigenvalue weighted by molar-refractivity contribution is 5.80. The van der Waals surface area contributed by atoms with Crippen LogP contribution in [0.3, 0.4) is 0 Å². The van der Waals surface area contributed by atoms with E-state index in [0.717, 1.165) is 24.0 Å². The lowest BCUT2D eigenvalue weighted by molar-refractivity contribution is 0.0513. The Morgan fingerprint density at radius 2 is 1.83 bits per heavy atom. The van der Waals surface area contributed by atoms with Crippen LogP contribution in [0.4, 0.5) is 8.78 Å². The van der Waals surface area contributed by atoms with Gasteiger partial charge in [-0.2, -0.15) is 0 Å². The Morgan fingerprint density at radius 3 is 2.45 bits per heavy atom. The fourth-order valence-electron chi connectivity index (χ4n) is 3.75. The highest BCUT2D eigenvalue weighted by Crippen LogP contribution is 2.34. The van der Waals surface area contributed by atoms with E-state index < -0.39 is 0 Å². The van der Waals surface area contributed by atoms with E-state index in [0.29, 0.717) is 31.3 Å². The first kappa shape index (κ1) is 21.2. The van der Waals surface area contributed by atoms with E-state index in [1.54, 1.807) is 26.1 Å². The third kappa shape index (κ3) is 5.12. The molecule has 2 aromatic carbocycles. The minimum Gasteiger partial charge on any atom is -0.381 e. The van der Waals surface area contributed by atoms with Crippen molar-refractivity contribution < 1.29 is 13.5 Å². The predicted molar refractivity (Wildman–Crippen MR) is 112 cm³/mol. The zero-order valence-corrected chi connectivity index (χ0v) is 17.3. The molecule has 1 fully saturated rings. The normalized spacial score (nSPS) is 17.6. The summed E-state index contributed by atoms with van der Waals surface area (Å²) in [6, 6.07) is 11.9. The van der Waals surface area contributed by atoms with Gasteiger partial charge in [0, 0.05) is 32.2 Å². The third-order valence-corrected chi connectivity index (χ3v) is 5.77. The molecule has 2 N–H and O–H groups in total. The molecule has 4 nitrogen and oxygen atoms in total. The number of rotatable bonds is 5. The SMILES string of the molecule is CN=C(NCC1(c2ccc(F)cc2)CCOCC1)NC(C)c1ccc(C)c(F)c1. The summed E-state index contributed by atoms with van der Waals surface area (Å²) in [4.78, 5) is 4.33. The highest BCUT2D eigenvalue weighted by atomic mass is 19.1. The van der Waals surface area contributed by atoms with Gasteiger partial charge in [-0.1, -0.05) is 24.3 Å². The van der Waals surface area contributed by atoms with Crippen LogP contribution in [0.2, 0.25) is 0 Å². The zero-order chi connectivity index (χ0) is 20.9. The van der Waals surface area contributed by atoms with Crippen LogP contribution in [0.25, 0.3) is 0 Å². The molecule has 2 aromatic rings. The number of aryl methyl sites for hydroxylation is 1. The zero-order valence-electron chi connectivity index (χ0n) is 17.3. The molecule has 1 atom stereocenters. The Labute approximate surface area is 171 Å². The number of nitrogens with one attached hydrogen (secondary N) is 2. The summed E-state index contributed by atoms with van der Waals surface area (Å²) in [7, 11) is 1.71. The molecule has 1 heterocycles. The van der Waals surface area contributed by atoms with Gasteiger partial charge in [0.05, 0.1) is 6.04 Å². The smallest absolute Gasteiger partial charge is 0.191 e. The van der Waals surface area contributed by atoms with Crippen molar-refractivity contribution in [2.75, 3.05) is 26.8 Å². The molecule has 0 aromatic heterocycles. The highest BCUT2D eigenvalue weighted by Gasteiger charge is 2.34. The Hall–Kier alpha value is -2.47. The number of guanidine groups is 1. The monoisotopic (exact) mass is 401 g/mol. The molecule has 29 heavy (non-hydrogen) atoms. The quantitative estimate of drug-likeness (QED) is 0.582. The molecule has 0 amide bonds. The molecule has 156 valence electrons. The molecule has 1 aliphatic heterocycles. The fourth-order valence-corrected chi connectivity index (χ4v) is 3.75. The summed E-state index contributed by atoms with van der Waals surface area (Å²) in [5.74, 6) is 0.198. The van der Waals surface area contributed by atoms with Crippen LogP contribution in [0, 0.1) is 18.6 Å². The first-order valence-corrected chi connectivity index (χ1v) is 10.0. The summed E-state index contributed by atoms with van der Waals surface area (Å²) >= 11 is 0. The molecule has 3 rings (SSSR count). The van der Waals surface area contributed by atoms with Gasteiger partial charge in [-0.25, -0.2) is 8.78 Å². The Balaban J connectivity index is 1.70. The van der Waals surface area contributed by atoms with Crippen LogP contribution in [0.15, 0.2) is 47.5 Å². The van der Waals surface area contributed by atoms with Crippen molar-refractivity contribution in [1.82, 2.24) is 10.6 Å². The van der Waals surface area contributed by atoms with Crippen molar-refractivity contribution in [2.45, 2.75) is 38.1 Å². The predicted octanol–water partition coefficient (Wildman–Crippen LogP) is 4.25. The lowest BCUT2D eigenvalue weighted by Gasteiger charge is -2.38. The minimum absolute atomic E-state index is 0.104. The topological polar surface area (TPSA) is 45.7 Å². The number of hydrogen-bond donors (Lipinski definition) is 2. The summed E-state index contributed by atoms with van der Waals surface area (Å²) in [6.45, 7) is 5.71. The van der Waals surface area contributed by atoms with E-state index in [2.05, 4.69) is 15.6 Å². The number of aliphatic imine (C=N–C) groups is 1. The summed E-state index contributed by atoms with van der Waals surface area (Å²) in [5.41, 5.74) is 2.43. The summed E-state index contributed by atoms with van der Waals surface area (Å²) < 4.78 is 32.9. The number of benzene rings is 2. The largest absolute Gasteiger partial charge is 0.381 e. The molecule has 1 aliphatic rings. The minimum atomic E-state index is -0.236. The lowest BCUT2D eigenvalue weighted by atomic mass is 9.74. The standard InChI is InChI=1S/C23H29F2N3O/c1-16-4-5-18(14-21(16)25)17(2)28-22(26-3)27-15-23(10-12-29-13-11-23)19-6-8-20(24)9-7-19/h4-9,14,17H,10-13,15H2,1-3H3,(H2,26,27,28). The van der Waals surface area contributed by atoms with Crippen molar-refractivity contribution >= 4 is 5.96 Å². The molecular weight excluding hydrogens is 372 g/mol. The van der Waals surface area contributed by atoms with Crippen molar-refractivity contribution in [3.8, 4) is 0 Å². The molecule has 0 spiro atoms. The maximum Gasteiger partial charge on any atom is 0.191 e. The summed E-state index contributed by atoms with van der Waals surface area (Å²) in [6.07, 6.45) is 1.70. The molecule has 6 heteroatoms. The van der Waals surface area contributed by atoms with Crippen LogP contribution in [0.5, 0.6) is 0 Å². The van der Waals surface area contributed by atoms with Crippen molar-refractivity contribution in [2.24, 2.45) is 4.99 Å². The molecular formula is C23H29F2N3O. The van der Waals surface area contributed by atoms with Gasteiger partial charge < -0.3 is 15.4 Å². The molecule has 0 radical (unpaired) electrons. The Morgan fingerprint density at radius 1 is 1.14 bits per heavy atom. The Bertz CT molecular complexity index is 846. The average Bonchev–Trinajstić information content (AvgIpc) is 2.74. The Kier molecular flexibility index (Phi) is 6.85. The van der Waals surface area contributed by atoms with Crippen LogP contribution in [-0.4, -0.2) is 32.8 Å². The van der Waals surface area contributed by atoms with E-state index in [4.69, 9.17) is 4.74 Å². The van der Waals surface area contributed by atoms with E-state index >= 15 is 0 Å². The van der Waals surface area contributed by atoms with E-state index in [-0.39, 0.29) is 23.1 Å². The van der Waals surface area contributed by atoms with Gasteiger partial charge in [-0.3, -0.25) is 4.99 Å². The second-order valence-corrected chi connectivity index (χ2v) is 7.70. The second kappa shape index (κ2) is 9.35. The van der Waals surface area contributed by atoms with Gasteiger partial charge in [-0.05, 0) is 61.6 Å². The molecule has 0 saturated carbocycles. The number of nitrogens with zero attached hydrogens (tertiary/aromatic N) is 1. The van der Waals surface area contributed by atoms with Gasteiger partial charge >= 0.3 is 0 Å². The maximum atomic E-state index is 13.9. The maximum absolute atomic E-state index is 13.9. The van der Waals surface area contributed by atoms with E-state index in [1.807, 2.05) is 25.1 Å².